The number of para-hydroxylation sites is 1. The Bertz CT molecular complexity index is 373. The number of ether oxygens (including phenoxy) is 2. The van der Waals surface area contributed by atoms with Gasteiger partial charge in [0.1, 0.15) is 12.2 Å². The second kappa shape index (κ2) is 8.28. The van der Waals surface area contributed by atoms with E-state index in [-0.39, 0.29) is 6.42 Å². The Hall–Kier alpha value is -1.84. The Morgan fingerprint density at radius 1 is 1.06 bits per heavy atom. The van der Waals surface area contributed by atoms with Crippen LogP contribution in [0.2, 0.25) is 0 Å². The van der Waals surface area contributed by atoms with Crippen LogP contribution in [0.4, 0.5) is 0 Å². The van der Waals surface area contributed by atoms with Crippen molar-refractivity contribution in [2.75, 3.05) is 6.61 Å². The van der Waals surface area contributed by atoms with Gasteiger partial charge >= 0.3 is 11.9 Å². The lowest BCUT2D eigenvalue weighted by molar-refractivity contribution is -0.150. The molecule has 0 aliphatic carbocycles. The van der Waals surface area contributed by atoms with Crippen LogP contribution < -0.4 is 4.74 Å². The summed E-state index contributed by atoms with van der Waals surface area (Å²) in [7, 11) is 0. The number of rotatable bonds is 7. The maximum absolute atomic E-state index is 11.4. The fraction of sp³-hybridized carbons (Fsp3) is 0.429. The smallest absolute Gasteiger partial charge is 0.322 e. The first-order valence-corrected chi connectivity index (χ1v) is 6.13. The van der Waals surface area contributed by atoms with Crippen LogP contribution in [0.5, 0.6) is 5.75 Å². The highest BCUT2D eigenvalue weighted by molar-refractivity contribution is 5.92. The summed E-state index contributed by atoms with van der Waals surface area (Å²) in [5.41, 5.74) is 0. The van der Waals surface area contributed by atoms with Crippen LogP contribution in [0.25, 0.3) is 0 Å². The molecule has 0 aliphatic rings. The molecule has 0 bridgehead atoms. The molecule has 1 aromatic carbocycles. The molecule has 0 unspecified atom stereocenters. The standard InChI is InChI=1S/C14H18O4/c1-2-3-7-10-17-13(15)11-14(16)18-12-8-5-4-6-9-12/h4-6,8-9H,2-3,7,10-11H2,1H3. The Morgan fingerprint density at radius 3 is 2.44 bits per heavy atom. The topological polar surface area (TPSA) is 52.6 Å². The quantitative estimate of drug-likeness (QED) is 0.323. The van der Waals surface area contributed by atoms with E-state index in [1.165, 1.54) is 0 Å². The van der Waals surface area contributed by atoms with Gasteiger partial charge < -0.3 is 9.47 Å². The normalized spacial score (nSPS) is 9.83. The van der Waals surface area contributed by atoms with Crippen LogP contribution in [0, 0.1) is 0 Å². The average molecular weight is 250 g/mol. The lowest BCUT2D eigenvalue weighted by Crippen LogP contribution is -2.16. The van der Waals surface area contributed by atoms with Gasteiger partial charge in [-0.05, 0) is 18.6 Å². The van der Waals surface area contributed by atoms with E-state index in [2.05, 4.69) is 6.92 Å². The number of hydrogen-bond donors (Lipinski definition) is 0. The largest absolute Gasteiger partial charge is 0.465 e. The number of carbonyl (C=O) groups excluding carboxylic acids is 2. The fourth-order valence-electron chi connectivity index (χ4n) is 1.36. The van der Waals surface area contributed by atoms with Crippen molar-refractivity contribution >= 4 is 11.9 Å². The monoisotopic (exact) mass is 250 g/mol. The maximum Gasteiger partial charge on any atom is 0.322 e. The summed E-state index contributed by atoms with van der Waals surface area (Å²) in [6, 6.07) is 8.64. The van der Waals surface area contributed by atoms with E-state index in [1.807, 2.05) is 6.07 Å². The van der Waals surface area contributed by atoms with E-state index in [4.69, 9.17) is 9.47 Å². The molecular formula is C14H18O4. The first kappa shape index (κ1) is 14.2. The zero-order valence-corrected chi connectivity index (χ0v) is 10.6. The first-order chi connectivity index (χ1) is 8.72. The average Bonchev–Trinajstić information content (AvgIpc) is 2.35. The van der Waals surface area contributed by atoms with Crippen molar-refractivity contribution in [3.05, 3.63) is 30.3 Å². The molecule has 0 aromatic heterocycles. The second-order valence-electron chi connectivity index (χ2n) is 3.89. The van der Waals surface area contributed by atoms with Crippen LogP contribution in [0.15, 0.2) is 30.3 Å². The van der Waals surface area contributed by atoms with E-state index in [9.17, 15) is 9.59 Å². The van der Waals surface area contributed by atoms with Gasteiger partial charge in [-0.2, -0.15) is 0 Å². The highest BCUT2D eigenvalue weighted by Crippen LogP contribution is 2.09. The van der Waals surface area contributed by atoms with E-state index in [0.29, 0.717) is 12.4 Å². The van der Waals surface area contributed by atoms with Crippen LogP contribution >= 0.6 is 0 Å². The number of unbranched alkanes of at least 4 members (excludes halogenated alkanes) is 2. The third-order valence-electron chi connectivity index (χ3n) is 2.27. The van der Waals surface area contributed by atoms with Crippen LogP contribution in [0.3, 0.4) is 0 Å². The molecule has 0 atom stereocenters. The lowest BCUT2D eigenvalue weighted by Gasteiger charge is -2.05. The molecule has 98 valence electrons. The summed E-state index contributed by atoms with van der Waals surface area (Å²) >= 11 is 0. The van der Waals surface area contributed by atoms with E-state index in [1.54, 1.807) is 24.3 Å². The minimum Gasteiger partial charge on any atom is -0.465 e. The third-order valence-corrected chi connectivity index (χ3v) is 2.27. The number of carbonyl (C=O) groups is 2. The fourth-order valence-corrected chi connectivity index (χ4v) is 1.36. The maximum atomic E-state index is 11.4. The van der Waals surface area contributed by atoms with Crippen molar-refractivity contribution in [1.29, 1.82) is 0 Å². The molecule has 0 aliphatic heterocycles. The van der Waals surface area contributed by atoms with Gasteiger partial charge in [-0.15, -0.1) is 0 Å². The minimum absolute atomic E-state index is 0.346. The predicted octanol–water partition coefficient (Wildman–Crippen LogP) is 2.72. The lowest BCUT2D eigenvalue weighted by atomic mass is 10.3. The van der Waals surface area contributed by atoms with Gasteiger partial charge in [-0.1, -0.05) is 38.0 Å². The van der Waals surface area contributed by atoms with Crippen molar-refractivity contribution in [3.63, 3.8) is 0 Å². The molecule has 0 heterocycles. The molecule has 0 radical (unpaired) electrons. The molecule has 0 N–H and O–H groups in total. The van der Waals surface area contributed by atoms with E-state index < -0.39 is 11.9 Å². The Labute approximate surface area is 107 Å². The third kappa shape index (κ3) is 6.03. The molecule has 0 spiro atoms. The van der Waals surface area contributed by atoms with Crippen molar-refractivity contribution in [1.82, 2.24) is 0 Å². The SMILES string of the molecule is CCCCCOC(=O)CC(=O)Oc1ccccc1. The van der Waals surface area contributed by atoms with Gasteiger partial charge in [0.2, 0.25) is 0 Å². The van der Waals surface area contributed by atoms with Gasteiger partial charge in [-0.3, -0.25) is 9.59 Å². The van der Waals surface area contributed by atoms with Crippen molar-refractivity contribution in [3.8, 4) is 5.75 Å². The molecule has 0 amide bonds. The number of benzene rings is 1. The molecule has 1 aromatic rings. The molecule has 0 saturated carbocycles. The summed E-state index contributed by atoms with van der Waals surface area (Å²) in [5.74, 6) is -0.699. The zero-order chi connectivity index (χ0) is 13.2. The van der Waals surface area contributed by atoms with Crippen LogP contribution in [0.1, 0.15) is 32.6 Å². The van der Waals surface area contributed by atoms with Gasteiger partial charge in [-0.25, -0.2) is 0 Å². The molecule has 0 saturated heterocycles. The van der Waals surface area contributed by atoms with Crippen LogP contribution in [-0.4, -0.2) is 18.5 Å². The van der Waals surface area contributed by atoms with Gasteiger partial charge in [0, 0.05) is 0 Å². The van der Waals surface area contributed by atoms with Gasteiger partial charge in [0.25, 0.3) is 0 Å². The highest BCUT2D eigenvalue weighted by atomic mass is 16.6. The van der Waals surface area contributed by atoms with E-state index in [0.717, 1.165) is 19.3 Å². The molecule has 0 fully saturated rings. The molecule has 4 heteroatoms. The van der Waals surface area contributed by atoms with E-state index >= 15 is 0 Å². The summed E-state index contributed by atoms with van der Waals surface area (Å²) in [4.78, 5) is 22.7. The van der Waals surface area contributed by atoms with Crippen molar-refractivity contribution < 1.29 is 19.1 Å². The minimum atomic E-state index is -0.596. The zero-order valence-electron chi connectivity index (χ0n) is 10.6. The predicted molar refractivity (Wildman–Crippen MR) is 67.2 cm³/mol. The number of esters is 2. The number of hydrogen-bond acceptors (Lipinski definition) is 4. The first-order valence-electron chi connectivity index (χ1n) is 6.13. The van der Waals surface area contributed by atoms with Crippen LogP contribution in [-0.2, 0) is 14.3 Å². The van der Waals surface area contributed by atoms with Crippen molar-refractivity contribution in [2.24, 2.45) is 0 Å². The summed E-state index contributed by atoms with van der Waals surface area (Å²) in [6.07, 6.45) is 2.56. The molecule has 1 rings (SSSR count). The summed E-state index contributed by atoms with van der Waals surface area (Å²) < 4.78 is 9.89. The summed E-state index contributed by atoms with van der Waals surface area (Å²) in [6.45, 7) is 2.43. The molecular weight excluding hydrogens is 232 g/mol. The second-order valence-corrected chi connectivity index (χ2v) is 3.89. The highest BCUT2D eigenvalue weighted by Gasteiger charge is 2.12. The van der Waals surface area contributed by atoms with Gasteiger partial charge in [0.15, 0.2) is 0 Å². The summed E-state index contributed by atoms with van der Waals surface area (Å²) in [5, 5.41) is 0. The Kier molecular flexibility index (Phi) is 6.54. The van der Waals surface area contributed by atoms with Crippen molar-refractivity contribution in [2.45, 2.75) is 32.6 Å². The Morgan fingerprint density at radius 2 is 1.78 bits per heavy atom. The molecule has 4 nitrogen and oxygen atoms in total. The molecule has 18 heavy (non-hydrogen) atoms. The Balaban J connectivity index is 2.21. The van der Waals surface area contributed by atoms with Gasteiger partial charge in [0.05, 0.1) is 6.61 Å².